The SMILES string of the molecule is CC(C)C[C@@H]1CC(=O)N(C[C@@]2(O)OC[C@@H](O)[C@@H](O)[C@@H]2O)C1. The number of carbonyl (C=O) groups is 1. The second kappa shape index (κ2) is 6.18. The third kappa shape index (κ3) is 3.54. The lowest BCUT2D eigenvalue weighted by Gasteiger charge is -2.43. The summed E-state index contributed by atoms with van der Waals surface area (Å²) >= 11 is 0. The maximum atomic E-state index is 12.0. The Morgan fingerprint density at radius 1 is 1.38 bits per heavy atom. The molecule has 0 aliphatic carbocycles. The molecule has 7 nitrogen and oxygen atoms in total. The van der Waals surface area contributed by atoms with Gasteiger partial charge in [0.05, 0.1) is 13.2 Å². The third-order valence-electron chi connectivity index (χ3n) is 4.20. The average Bonchev–Trinajstić information content (AvgIpc) is 2.71. The van der Waals surface area contributed by atoms with Crippen LogP contribution in [0.5, 0.6) is 0 Å². The van der Waals surface area contributed by atoms with Gasteiger partial charge in [0, 0.05) is 13.0 Å². The summed E-state index contributed by atoms with van der Waals surface area (Å²) in [6.45, 7) is 4.20. The second-order valence-corrected chi connectivity index (χ2v) is 6.63. The van der Waals surface area contributed by atoms with Crippen LogP contribution in [0.4, 0.5) is 0 Å². The minimum Gasteiger partial charge on any atom is -0.388 e. The lowest BCUT2D eigenvalue weighted by Crippen LogP contribution is -2.64. The molecule has 4 N–H and O–H groups in total. The number of amides is 1. The van der Waals surface area contributed by atoms with Gasteiger partial charge in [-0.25, -0.2) is 0 Å². The monoisotopic (exact) mass is 303 g/mol. The lowest BCUT2D eigenvalue weighted by molar-refractivity contribution is -0.323. The van der Waals surface area contributed by atoms with Gasteiger partial charge >= 0.3 is 0 Å². The van der Waals surface area contributed by atoms with Crippen LogP contribution in [0.3, 0.4) is 0 Å². The number of aliphatic hydroxyl groups excluding tert-OH is 3. The van der Waals surface area contributed by atoms with E-state index in [0.717, 1.165) is 6.42 Å². The molecule has 2 heterocycles. The van der Waals surface area contributed by atoms with Gasteiger partial charge in [-0.3, -0.25) is 4.79 Å². The summed E-state index contributed by atoms with van der Waals surface area (Å²) in [5.74, 6) is -1.41. The number of β-amino-alcohol motifs (C(OH)–C–C–N with tert-alkyl or cyclic N) is 1. The first-order valence-corrected chi connectivity index (χ1v) is 7.41. The molecule has 2 fully saturated rings. The minimum atomic E-state index is -2.04. The van der Waals surface area contributed by atoms with Gasteiger partial charge in [-0.05, 0) is 18.3 Å². The van der Waals surface area contributed by atoms with Crippen molar-refractivity contribution in [1.29, 1.82) is 0 Å². The Hall–Kier alpha value is -0.730. The Bertz CT molecular complexity index is 390. The van der Waals surface area contributed by atoms with Crippen molar-refractivity contribution in [2.75, 3.05) is 19.7 Å². The molecule has 7 heteroatoms. The van der Waals surface area contributed by atoms with Crippen LogP contribution in [0.2, 0.25) is 0 Å². The maximum absolute atomic E-state index is 12.0. The van der Waals surface area contributed by atoms with E-state index >= 15 is 0 Å². The first-order valence-electron chi connectivity index (χ1n) is 7.41. The van der Waals surface area contributed by atoms with Crippen molar-refractivity contribution in [3.05, 3.63) is 0 Å². The first kappa shape index (κ1) is 16.6. The number of aliphatic hydroxyl groups is 4. The standard InChI is InChI=1S/C14H25NO6/c1-8(2)3-9-4-11(17)15(5-9)7-14(20)13(19)12(18)10(16)6-21-14/h8-10,12-13,16,18-20H,3-7H2,1-2H3/t9-,10-,12-,13+,14-/m1/s1. The number of likely N-dealkylation sites (tertiary alicyclic amines) is 1. The molecule has 0 aromatic heterocycles. The summed E-state index contributed by atoms with van der Waals surface area (Å²) < 4.78 is 5.09. The van der Waals surface area contributed by atoms with E-state index < -0.39 is 24.1 Å². The van der Waals surface area contributed by atoms with Crippen LogP contribution in [0.15, 0.2) is 0 Å². The van der Waals surface area contributed by atoms with Crippen molar-refractivity contribution in [3.8, 4) is 0 Å². The van der Waals surface area contributed by atoms with Gasteiger partial charge < -0.3 is 30.1 Å². The topological polar surface area (TPSA) is 110 Å². The van der Waals surface area contributed by atoms with E-state index in [4.69, 9.17) is 4.74 Å². The number of hydrogen-bond donors (Lipinski definition) is 4. The van der Waals surface area contributed by atoms with Crippen molar-refractivity contribution in [2.24, 2.45) is 11.8 Å². The smallest absolute Gasteiger partial charge is 0.223 e. The highest BCUT2D eigenvalue weighted by molar-refractivity contribution is 5.78. The van der Waals surface area contributed by atoms with E-state index in [1.165, 1.54) is 4.90 Å². The van der Waals surface area contributed by atoms with E-state index in [1.54, 1.807) is 0 Å². The Labute approximate surface area is 124 Å². The summed E-state index contributed by atoms with van der Waals surface area (Å²) in [6.07, 6.45) is -3.05. The van der Waals surface area contributed by atoms with Crippen LogP contribution < -0.4 is 0 Å². The molecule has 2 aliphatic heterocycles. The van der Waals surface area contributed by atoms with Crippen LogP contribution in [0.1, 0.15) is 26.7 Å². The summed E-state index contributed by atoms with van der Waals surface area (Å²) in [4.78, 5) is 13.5. The molecule has 1 amide bonds. The van der Waals surface area contributed by atoms with Crippen molar-refractivity contribution in [2.45, 2.75) is 50.8 Å². The summed E-state index contributed by atoms with van der Waals surface area (Å²) in [5, 5.41) is 39.3. The third-order valence-corrected chi connectivity index (χ3v) is 4.20. The number of nitrogens with zero attached hydrogens (tertiary/aromatic N) is 1. The quantitative estimate of drug-likeness (QED) is 0.513. The lowest BCUT2D eigenvalue weighted by atomic mass is 9.96. The first-order chi connectivity index (χ1) is 9.73. The predicted octanol–water partition coefficient (Wildman–Crippen LogP) is -1.32. The average molecular weight is 303 g/mol. The van der Waals surface area contributed by atoms with E-state index in [1.807, 2.05) is 0 Å². The van der Waals surface area contributed by atoms with E-state index in [2.05, 4.69) is 13.8 Å². The molecule has 122 valence electrons. The molecule has 0 radical (unpaired) electrons. The Morgan fingerprint density at radius 3 is 2.67 bits per heavy atom. The molecule has 2 aliphatic rings. The molecule has 2 rings (SSSR count). The van der Waals surface area contributed by atoms with Crippen molar-refractivity contribution < 1.29 is 30.0 Å². The number of hydrogen-bond acceptors (Lipinski definition) is 6. The number of carbonyl (C=O) groups excluding carboxylic acids is 1. The van der Waals surface area contributed by atoms with Crippen LogP contribution in [-0.4, -0.2) is 75.0 Å². The van der Waals surface area contributed by atoms with Crippen LogP contribution >= 0.6 is 0 Å². The van der Waals surface area contributed by atoms with Crippen molar-refractivity contribution >= 4 is 5.91 Å². The Morgan fingerprint density at radius 2 is 2.05 bits per heavy atom. The number of rotatable bonds is 4. The fraction of sp³-hybridized carbons (Fsp3) is 0.929. The molecular weight excluding hydrogens is 278 g/mol. The fourth-order valence-corrected chi connectivity index (χ4v) is 3.13. The van der Waals surface area contributed by atoms with Gasteiger partial charge in [-0.1, -0.05) is 13.8 Å². The Balaban J connectivity index is 1.99. The molecule has 0 saturated carbocycles. The van der Waals surface area contributed by atoms with Gasteiger partial charge in [-0.15, -0.1) is 0 Å². The summed E-state index contributed by atoms with van der Waals surface area (Å²) in [7, 11) is 0. The zero-order valence-electron chi connectivity index (χ0n) is 12.5. The van der Waals surface area contributed by atoms with Crippen LogP contribution in [0.25, 0.3) is 0 Å². The van der Waals surface area contributed by atoms with Gasteiger partial charge in [0.15, 0.2) is 0 Å². The van der Waals surface area contributed by atoms with E-state index in [-0.39, 0.29) is 25.0 Å². The fourth-order valence-electron chi connectivity index (χ4n) is 3.13. The van der Waals surface area contributed by atoms with E-state index in [9.17, 15) is 25.2 Å². The zero-order valence-corrected chi connectivity index (χ0v) is 12.5. The molecule has 5 atom stereocenters. The van der Waals surface area contributed by atoms with Crippen LogP contribution in [0, 0.1) is 11.8 Å². The normalized spacial score (nSPS) is 41.1. The molecule has 2 saturated heterocycles. The maximum Gasteiger partial charge on any atom is 0.223 e. The molecule has 21 heavy (non-hydrogen) atoms. The highest BCUT2D eigenvalue weighted by Crippen LogP contribution is 2.29. The van der Waals surface area contributed by atoms with Crippen LogP contribution in [-0.2, 0) is 9.53 Å². The zero-order chi connectivity index (χ0) is 15.8. The second-order valence-electron chi connectivity index (χ2n) is 6.63. The van der Waals surface area contributed by atoms with Gasteiger partial charge in [0.25, 0.3) is 0 Å². The van der Waals surface area contributed by atoms with Gasteiger partial charge in [-0.2, -0.15) is 0 Å². The molecule has 0 spiro atoms. The van der Waals surface area contributed by atoms with Gasteiger partial charge in [0.2, 0.25) is 11.7 Å². The molecule has 0 aromatic rings. The molecule has 0 aromatic carbocycles. The Kier molecular flexibility index (Phi) is 4.89. The highest BCUT2D eigenvalue weighted by atomic mass is 16.6. The van der Waals surface area contributed by atoms with Crippen molar-refractivity contribution in [1.82, 2.24) is 4.90 Å². The predicted molar refractivity (Wildman–Crippen MR) is 73.1 cm³/mol. The molecular formula is C14H25NO6. The minimum absolute atomic E-state index is 0.0921. The molecule has 0 bridgehead atoms. The van der Waals surface area contributed by atoms with Crippen molar-refractivity contribution in [3.63, 3.8) is 0 Å². The number of ether oxygens (including phenoxy) is 1. The summed E-state index contributed by atoms with van der Waals surface area (Å²) in [6, 6.07) is 0. The highest BCUT2D eigenvalue weighted by Gasteiger charge is 2.50. The molecule has 0 unspecified atom stereocenters. The largest absolute Gasteiger partial charge is 0.388 e. The summed E-state index contributed by atoms with van der Waals surface area (Å²) in [5.41, 5.74) is 0. The van der Waals surface area contributed by atoms with E-state index in [0.29, 0.717) is 18.9 Å². The van der Waals surface area contributed by atoms with Gasteiger partial charge in [0.1, 0.15) is 18.3 Å².